The van der Waals surface area contributed by atoms with Crippen LogP contribution in [-0.4, -0.2) is 5.78 Å². The largest absolute Gasteiger partial charge is 0.298 e. The molecule has 2 nitrogen and oxygen atoms in total. The van der Waals surface area contributed by atoms with E-state index in [1.165, 1.54) is 6.42 Å². The third kappa shape index (κ3) is 1.50. The Morgan fingerprint density at radius 3 is 2.50 bits per heavy atom. The molecule has 0 aromatic carbocycles. The fraction of sp³-hybridized carbons (Fsp3) is 0.800. The molecule has 0 aliphatic heterocycles. The molecule has 0 aromatic heterocycles. The summed E-state index contributed by atoms with van der Waals surface area (Å²) in [6.45, 7) is 3.94. The van der Waals surface area contributed by atoms with Crippen LogP contribution in [0.2, 0.25) is 0 Å². The van der Waals surface area contributed by atoms with Gasteiger partial charge in [-0.2, -0.15) is 5.26 Å². The zero-order valence-corrected chi connectivity index (χ0v) is 7.76. The molecule has 1 fully saturated rings. The van der Waals surface area contributed by atoms with Gasteiger partial charge in [0, 0.05) is 5.41 Å². The van der Waals surface area contributed by atoms with Crippen molar-refractivity contribution in [3.8, 4) is 6.07 Å². The van der Waals surface area contributed by atoms with Crippen molar-refractivity contribution < 1.29 is 4.79 Å². The molecule has 12 heavy (non-hydrogen) atoms. The summed E-state index contributed by atoms with van der Waals surface area (Å²) in [6, 6.07) is 1.93. The molecule has 66 valence electrons. The molecule has 1 saturated carbocycles. The van der Waals surface area contributed by atoms with Crippen molar-refractivity contribution in [3.63, 3.8) is 0 Å². The summed E-state index contributed by atoms with van der Waals surface area (Å²) in [5.41, 5.74) is -0.256. The maximum Gasteiger partial charge on any atom is 0.152 e. The van der Waals surface area contributed by atoms with Crippen LogP contribution in [0.1, 0.15) is 39.5 Å². The van der Waals surface area contributed by atoms with Gasteiger partial charge in [0.1, 0.15) is 0 Å². The summed E-state index contributed by atoms with van der Waals surface area (Å²) in [7, 11) is 0. The van der Waals surface area contributed by atoms with Gasteiger partial charge in [-0.15, -0.1) is 0 Å². The summed E-state index contributed by atoms with van der Waals surface area (Å²) in [6.07, 6.45) is 3.63. The van der Waals surface area contributed by atoms with E-state index >= 15 is 0 Å². The summed E-state index contributed by atoms with van der Waals surface area (Å²) >= 11 is 0. The smallest absolute Gasteiger partial charge is 0.152 e. The van der Waals surface area contributed by atoms with E-state index in [0.29, 0.717) is 5.92 Å². The summed E-state index contributed by atoms with van der Waals surface area (Å²) in [5, 5.41) is 8.40. The predicted molar refractivity (Wildman–Crippen MR) is 46.4 cm³/mol. The maximum absolute atomic E-state index is 11.5. The van der Waals surface area contributed by atoms with Crippen LogP contribution < -0.4 is 0 Å². The van der Waals surface area contributed by atoms with Gasteiger partial charge in [0.25, 0.3) is 0 Å². The number of carbonyl (C=O) groups excluding carboxylic acids is 1. The van der Waals surface area contributed by atoms with Gasteiger partial charge in [-0.25, -0.2) is 0 Å². The molecule has 2 heteroatoms. The molecule has 1 rings (SSSR count). The molecular formula is C10H15NO. The molecule has 1 aliphatic rings. The van der Waals surface area contributed by atoms with Gasteiger partial charge in [0.15, 0.2) is 5.78 Å². The summed E-state index contributed by atoms with van der Waals surface area (Å²) < 4.78 is 0. The molecule has 1 aliphatic carbocycles. The Balaban J connectivity index is 2.57. The van der Waals surface area contributed by atoms with Gasteiger partial charge in [-0.1, -0.05) is 20.3 Å². The highest BCUT2D eigenvalue weighted by Crippen LogP contribution is 2.42. The van der Waals surface area contributed by atoms with Crippen LogP contribution in [-0.2, 0) is 4.79 Å². The van der Waals surface area contributed by atoms with Crippen LogP contribution in [0.3, 0.4) is 0 Å². The fourth-order valence-corrected chi connectivity index (χ4v) is 1.66. The lowest BCUT2D eigenvalue weighted by molar-refractivity contribution is -0.130. The molecule has 0 radical (unpaired) electrons. The topological polar surface area (TPSA) is 40.9 Å². The number of ketones is 1. The molecule has 0 unspecified atom stereocenters. The lowest BCUT2D eigenvalue weighted by Crippen LogP contribution is -2.36. The van der Waals surface area contributed by atoms with E-state index in [4.69, 9.17) is 5.26 Å². The molecule has 0 bridgehead atoms. The first-order valence-corrected chi connectivity index (χ1v) is 4.49. The van der Waals surface area contributed by atoms with E-state index < -0.39 is 0 Å². The minimum atomic E-state index is -0.256. The number of rotatable bonds is 3. The summed E-state index contributed by atoms with van der Waals surface area (Å²) in [4.78, 5) is 11.5. The van der Waals surface area contributed by atoms with Crippen molar-refractivity contribution >= 4 is 5.78 Å². The van der Waals surface area contributed by atoms with Crippen molar-refractivity contribution in [2.75, 3.05) is 0 Å². The highest BCUT2D eigenvalue weighted by Gasteiger charge is 2.38. The van der Waals surface area contributed by atoms with Gasteiger partial charge in [0.2, 0.25) is 0 Å². The van der Waals surface area contributed by atoms with Crippen LogP contribution >= 0.6 is 0 Å². The first-order valence-electron chi connectivity index (χ1n) is 4.49. The number of nitriles is 1. The van der Waals surface area contributed by atoms with E-state index in [9.17, 15) is 4.79 Å². The highest BCUT2D eigenvalue weighted by molar-refractivity contribution is 5.86. The summed E-state index contributed by atoms with van der Waals surface area (Å²) in [5.74, 6) is 0.632. The second kappa shape index (κ2) is 3.26. The second-order valence-electron chi connectivity index (χ2n) is 4.11. The average molecular weight is 165 g/mol. The molecule has 0 amide bonds. The van der Waals surface area contributed by atoms with Crippen molar-refractivity contribution in [3.05, 3.63) is 0 Å². The quantitative estimate of drug-likeness (QED) is 0.643. The molecule has 0 N–H and O–H groups in total. The van der Waals surface area contributed by atoms with E-state index in [2.05, 4.69) is 0 Å². The minimum absolute atomic E-state index is 0.0729. The normalized spacial score (nSPS) is 18.1. The average Bonchev–Trinajstić information content (AvgIpc) is 1.82. The Kier molecular flexibility index (Phi) is 2.52. The number of carbonyl (C=O) groups is 1. The zero-order valence-electron chi connectivity index (χ0n) is 7.76. The third-order valence-corrected chi connectivity index (χ3v) is 3.08. The second-order valence-corrected chi connectivity index (χ2v) is 4.11. The monoisotopic (exact) mass is 165 g/mol. The zero-order chi connectivity index (χ0) is 9.19. The van der Waals surface area contributed by atoms with E-state index in [1.807, 2.05) is 19.9 Å². The Bertz CT molecular complexity index is 220. The van der Waals surface area contributed by atoms with E-state index in [0.717, 1.165) is 12.8 Å². The Morgan fingerprint density at radius 1 is 1.58 bits per heavy atom. The van der Waals surface area contributed by atoms with Gasteiger partial charge in [-0.3, -0.25) is 4.79 Å². The first-order chi connectivity index (χ1) is 5.59. The maximum atomic E-state index is 11.5. The lowest BCUT2D eigenvalue weighted by atomic mass is 9.65. The van der Waals surface area contributed by atoms with E-state index in [-0.39, 0.29) is 17.6 Å². The Labute approximate surface area is 73.6 Å². The minimum Gasteiger partial charge on any atom is -0.298 e. The van der Waals surface area contributed by atoms with Crippen LogP contribution in [0.15, 0.2) is 0 Å². The van der Waals surface area contributed by atoms with Gasteiger partial charge < -0.3 is 0 Å². The van der Waals surface area contributed by atoms with Crippen LogP contribution in [0.5, 0.6) is 0 Å². The highest BCUT2D eigenvalue weighted by atomic mass is 16.1. The molecule has 0 spiro atoms. The molecule has 0 atom stereocenters. The van der Waals surface area contributed by atoms with Crippen molar-refractivity contribution in [2.45, 2.75) is 39.5 Å². The van der Waals surface area contributed by atoms with Crippen LogP contribution in [0.25, 0.3) is 0 Å². The van der Waals surface area contributed by atoms with Crippen molar-refractivity contribution in [1.29, 1.82) is 5.26 Å². The van der Waals surface area contributed by atoms with Crippen LogP contribution in [0.4, 0.5) is 0 Å². The van der Waals surface area contributed by atoms with Gasteiger partial charge in [-0.05, 0) is 18.8 Å². The van der Waals surface area contributed by atoms with Crippen molar-refractivity contribution in [2.24, 2.45) is 11.3 Å². The number of Topliss-reactive ketones (excluding diaryl/α,β-unsaturated/α-hetero) is 1. The van der Waals surface area contributed by atoms with Crippen LogP contribution in [0, 0.1) is 22.7 Å². The Morgan fingerprint density at radius 2 is 2.17 bits per heavy atom. The van der Waals surface area contributed by atoms with Gasteiger partial charge >= 0.3 is 0 Å². The Hall–Kier alpha value is -0.840. The predicted octanol–water partition coefficient (Wildman–Crippen LogP) is 2.30. The number of hydrogen-bond acceptors (Lipinski definition) is 2. The number of hydrogen-bond donors (Lipinski definition) is 0. The SMILES string of the molecule is CC(C)(C(=O)CC#N)C1CCC1. The molecule has 0 aromatic rings. The third-order valence-electron chi connectivity index (χ3n) is 3.08. The first kappa shape index (κ1) is 9.25. The fourth-order valence-electron chi connectivity index (χ4n) is 1.66. The lowest BCUT2D eigenvalue weighted by Gasteiger charge is -2.38. The standard InChI is InChI=1S/C10H15NO/c1-10(2,8-4-3-5-8)9(12)6-7-11/h8H,3-6H2,1-2H3. The molecule has 0 saturated heterocycles. The molecular weight excluding hydrogens is 150 g/mol. The van der Waals surface area contributed by atoms with Crippen molar-refractivity contribution in [1.82, 2.24) is 0 Å². The van der Waals surface area contributed by atoms with E-state index in [1.54, 1.807) is 0 Å². The number of nitrogens with zero attached hydrogens (tertiary/aromatic N) is 1. The van der Waals surface area contributed by atoms with Gasteiger partial charge in [0.05, 0.1) is 12.5 Å². The molecule has 0 heterocycles.